The minimum atomic E-state index is -3.02. The van der Waals surface area contributed by atoms with Crippen LogP contribution in [0.15, 0.2) is 53.9 Å². The maximum absolute atomic E-state index is 13.1. The fourth-order valence-electron chi connectivity index (χ4n) is 3.37. The van der Waals surface area contributed by atoms with Gasteiger partial charge < -0.3 is 15.8 Å². The van der Waals surface area contributed by atoms with E-state index in [1.165, 1.54) is 16.8 Å². The van der Waals surface area contributed by atoms with Gasteiger partial charge in [0.2, 0.25) is 0 Å². The van der Waals surface area contributed by atoms with E-state index in [4.69, 9.17) is 10.5 Å². The first kappa shape index (κ1) is 23.6. The third kappa shape index (κ3) is 5.18. The van der Waals surface area contributed by atoms with Gasteiger partial charge >= 0.3 is 6.61 Å². The lowest BCUT2D eigenvalue weighted by molar-refractivity contribution is -0.0494. The SMILES string of the molecule is CC(C)Sc1ccc(OC(F)F)c(-c2nn(CCN)cc2NC(=O)c2cnn3cccnc23)c1. The largest absolute Gasteiger partial charge is 0.434 e. The Labute approximate surface area is 198 Å². The first-order valence-corrected chi connectivity index (χ1v) is 11.4. The number of hydrogen-bond donors (Lipinski definition) is 2. The molecule has 0 saturated carbocycles. The number of nitrogens with zero attached hydrogens (tertiary/aromatic N) is 5. The van der Waals surface area contributed by atoms with Crippen molar-refractivity contribution in [3.8, 4) is 17.0 Å². The van der Waals surface area contributed by atoms with Crippen LogP contribution in [0.1, 0.15) is 24.2 Å². The molecule has 34 heavy (non-hydrogen) atoms. The van der Waals surface area contributed by atoms with Gasteiger partial charge in [-0.1, -0.05) is 13.8 Å². The predicted octanol–water partition coefficient (Wildman–Crippen LogP) is 3.91. The number of nitrogens with one attached hydrogen (secondary N) is 1. The number of anilines is 1. The molecule has 0 fully saturated rings. The molecule has 3 aromatic heterocycles. The van der Waals surface area contributed by atoms with Crippen LogP contribution in [0.2, 0.25) is 0 Å². The summed E-state index contributed by atoms with van der Waals surface area (Å²) < 4.78 is 34.1. The van der Waals surface area contributed by atoms with Gasteiger partial charge in [-0.25, -0.2) is 9.50 Å². The van der Waals surface area contributed by atoms with Crippen LogP contribution < -0.4 is 15.8 Å². The number of fused-ring (bicyclic) bond motifs is 1. The van der Waals surface area contributed by atoms with E-state index in [1.807, 2.05) is 13.8 Å². The number of ether oxygens (including phenoxy) is 1. The summed E-state index contributed by atoms with van der Waals surface area (Å²) in [6.07, 6.45) is 6.25. The summed E-state index contributed by atoms with van der Waals surface area (Å²) in [5.74, 6) is -0.513. The number of thioether (sulfide) groups is 1. The number of amides is 1. The summed E-state index contributed by atoms with van der Waals surface area (Å²) in [5, 5.41) is 11.7. The van der Waals surface area contributed by atoms with Gasteiger partial charge in [-0.2, -0.15) is 19.0 Å². The predicted molar refractivity (Wildman–Crippen MR) is 125 cm³/mol. The summed E-state index contributed by atoms with van der Waals surface area (Å²) >= 11 is 1.57. The highest BCUT2D eigenvalue weighted by Crippen LogP contribution is 2.38. The molecule has 178 valence electrons. The molecule has 0 atom stereocenters. The topological polar surface area (TPSA) is 112 Å². The van der Waals surface area contributed by atoms with E-state index in [9.17, 15) is 13.6 Å². The van der Waals surface area contributed by atoms with Crippen LogP contribution >= 0.6 is 11.8 Å². The molecule has 0 unspecified atom stereocenters. The van der Waals surface area contributed by atoms with Crippen LogP contribution in [0.3, 0.4) is 0 Å². The minimum absolute atomic E-state index is 0.0470. The van der Waals surface area contributed by atoms with Crippen molar-refractivity contribution in [1.82, 2.24) is 24.4 Å². The van der Waals surface area contributed by atoms with Gasteiger partial charge in [0.25, 0.3) is 5.91 Å². The zero-order valence-corrected chi connectivity index (χ0v) is 19.3. The van der Waals surface area contributed by atoms with Crippen LogP contribution in [0.4, 0.5) is 14.5 Å². The van der Waals surface area contributed by atoms with Gasteiger partial charge in [0.05, 0.1) is 18.4 Å². The normalized spacial score (nSPS) is 11.5. The summed E-state index contributed by atoms with van der Waals surface area (Å²) in [4.78, 5) is 18.1. The van der Waals surface area contributed by atoms with Gasteiger partial charge in [0.1, 0.15) is 17.0 Å². The molecule has 1 aromatic carbocycles. The van der Waals surface area contributed by atoms with E-state index < -0.39 is 12.5 Å². The number of alkyl halides is 2. The second-order valence-corrected chi connectivity index (χ2v) is 9.20. The van der Waals surface area contributed by atoms with Gasteiger partial charge in [-0.15, -0.1) is 11.8 Å². The second kappa shape index (κ2) is 10.2. The number of carbonyl (C=O) groups excluding carboxylic acids is 1. The summed E-state index contributed by atoms with van der Waals surface area (Å²) in [6.45, 7) is 1.71. The van der Waals surface area contributed by atoms with Gasteiger partial charge in [-0.3, -0.25) is 9.48 Å². The van der Waals surface area contributed by atoms with Gasteiger partial charge in [0.15, 0.2) is 5.65 Å². The smallest absolute Gasteiger partial charge is 0.387 e. The third-order valence-corrected chi connectivity index (χ3v) is 5.68. The van der Waals surface area contributed by atoms with E-state index in [1.54, 1.807) is 53.2 Å². The number of halogens is 2. The van der Waals surface area contributed by atoms with Crippen molar-refractivity contribution in [2.24, 2.45) is 5.73 Å². The van der Waals surface area contributed by atoms with Crippen molar-refractivity contribution in [2.45, 2.75) is 37.1 Å². The first-order valence-electron chi connectivity index (χ1n) is 10.5. The van der Waals surface area contributed by atoms with E-state index in [0.29, 0.717) is 30.0 Å². The van der Waals surface area contributed by atoms with Crippen molar-refractivity contribution < 1.29 is 18.3 Å². The molecule has 9 nitrogen and oxygen atoms in total. The molecule has 12 heteroatoms. The Kier molecular flexibility index (Phi) is 7.08. The Morgan fingerprint density at radius 2 is 2.15 bits per heavy atom. The molecule has 4 aromatic rings. The molecule has 0 aliphatic rings. The van der Waals surface area contributed by atoms with Crippen molar-refractivity contribution in [1.29, 1.82) is 0 Å². The molecule has 0 saturated heterocycles. The molecule has 0 aliphatic heterocycles. The molecule has 0 aliphatic carbocycles. The lowest BCUT2D eigenvalue weighted by Gasteiger charge is -2.13. The van der Waals surface area contributed by atoms with E-state index >= 15 is 0 Å². The third-order valence-electron chi connectivity index (χ3n) is 4.69. The Balaban J connectivity index is 1.77. The second-order valence-electron chi connectivity index (χ2n) is 7.55. The summed E-state index contributed by atoms with van der Waals surface area (Å²) in [7, 11) is 0. The van der Waals surface area contributed by atoms with Crippen molar-refractivity contribution in [2.75, 3.05) is 11.9 Å². The van der Waals surface area contributed by atoms with Gasteiger partial charge in [-0.05, 0) is 24.3 Å². The lowest BCUT2D eigenvalue weighted by Crippen LogP contribution is -2.12. The number of rotatable bonds is 9. The van der Waals surface area contributed by atoms with Crippen LogP contribution in [0.25, 0.3) is 16.9 Å². The maximum Gasteiger partial charge on any atom is 0.387 e. The molecule has 1 amide bonds. The highest BCUT2D eigenvalue weighted by molar-refractivity contribution is 7.99. The minimum Gasteiger partial charge on any atom is -0.434 e. The summed E-state index contributed by atoms with van der Waals surface area (Å²) in [6, 6.07) is 6.62. The fourth-order valence-corrected chi connectivity index (χ4v) is 4.25. The summed E-state index contributed by atoms with van der Waals surface area (Å²) in [5.41, 5.74) is 7.25. The number of carbonyl (C=O) groups is 1. The Hall–Kier alpha value is -3.51. The number of nitrogens with two attached hydrogens (primary N) is 1. The number of benzene rings is 1. The highest BCUT2D eigenvalue weighted by Gasteiger charge is 2.22. The number of aromatic nitrogens is 5. The molecule has 0 radical (unpaired) electrons. The zero-order chi connectivity index (χ0) is 24.2. The number of hydrogen-bond acceptors (Lipinski definition) is 7. The van der Waals surface area contributed by atoms with E-state index in [-0.39, 0.29) is 22.3 Å². The average Bonchev–Trinajstić information content (AvgIpc) is 3.38. The first-order chi connectivity index (χ1) is 16.4. The lowest BCUT2D eigenvalue weighted by atomic mass is 10.1. The Bertz CT molecular complexity index is 1310. The molecular weight excluding hydrogens is 464 g/mol. The standard InChI is InChI=1S/C22H23F2N7O2S/c1-13(2)34-14-4-5-18(33-22(23)24)15(10-14)19-17(12-30(29-19)9-6-25)28-21(32)16-11-27-31-8-3-7-26-20(16)31/h3-5,7-8,10-13,22H,6,9,25H2,1-2H3,(H,28,32). The van der Waals surface area contributed by atoms with E-state index in [2.05, 4.69) is 20.5 Å². The maximum atomic E-state index is 13.1. The highest BCUT2D eigenvalue weighted by atomic mass is 32.2. The molecule has 0 spiro atoms. The van der Waals surface area contributed by atoms with Crippen LogP contribution in [0, 0.1) is 0 Å². The zero-order valence-electron chi connectivity index (χ0n) is 18.5. The fraction of sp³-hybridized carbons (Fsp3) is 0.273. The molecule has 0 bridgehead atoms. The van der Waals surface area contributed by atoms with Crippen molar-refractivity contribution in [3.63, 3.8) is 0 Å². The van der Waals surface area contributed by atoms with Gasteiger partial charge in [0, 0.05) is 40.8 Å². The monoisotopic (exact) mass is 487 g/mol. The van der Waals surface area contributed by atoms with Crippen LogP contribution in [0.5, 0.6) is 5.75 Å². The molecule has 3 N–H and O–H groups in total. The van der Waals surface area contributed by atoms with E-state index in [0.717, 1.165) is 4.90 Å². The molecule has 3 heterocycles. The molecule has 4 rings (SSSR count). The van der Waals surface area contributed by atoms with Crippen molar-refractivity contribution in [3.05, 3.63) is 54.6 Å². The van der Waals surface area contributed by atoms with Crippen molar-refractivity contribution >= 4 is 29.0 Å². The molecular formula is C22H23F2N7O2S. The average molecular weight is 488 g/mol. The van der Waals surface area contributed by atoms with Crippen LogP contribution in [-0.2, 0) is 6.54 Å². The van der Waals surface area contributed by atoms with Crippen LogP contribution in [-0.4, -0.2) is 48.7 Å². The quantitative estimate of drug-likeness (QED) is 0.344. The Morgan fingerprint density at radius 1 is 1.32 bits per heavy atom. The Morgan fingerprint density at radius 3 is 2.88 bits per heavy atom.